The van der Waals surface area contributed by atoms with Gasteiger partial charge in [0.2, 0.25) is 5.91 Å². The molecule has 1 amide bonds. The normalized spacial score (nSPS) is 11.1. The zero-order chi connectivity index (χ0) is 14.3. The second kappa shape index (κ2) is 4.99. The van der Waals surface area contributed by atoms with Gasteiger partial charge in [-0.15, -0.1) is 11.3 Å². The quantitative estimate of drug-likeness (QED) is 0.789. The molecule has 102 valence electrons. The molecule has 5 nitrogen and oxygen atoms in total. The van der Waals surface area contributed by atoms with Crippen LogP contribution in [0.1, 0.15) is 21.1 Å². The lowest BCUT2D eigenvalue weighted by Gasteiger charge is -2.01. The summed E-state index contributed by atoms with van der Waals surface area (Å²) in [6.45, 7) is 2.53. The number of benzene rings is 1. The van der Waals surface area contributed by atoms with Gasteiger partial charge >= 0.3 is 0 Å². The molecule has 0 aliphatic heterocycles. The molecule has 1 aromatic carbocycles. The maximum Gasteiger partial charge on any atom is 0.249 e. The van der Waals surface area contributed by atoms with Crippen LogP contribution in [0.4, 0.5) is 0 Å². The van der Waals surface area contributed by atoms with E-state index in [1.807, 2.05) is 23.1 Å². The van der Waals surface area contributed by atoms with E-state index in [4.69, 9.17) is 5.73 Å². The molecule has 0 unspecified atom stereocenters. The van der Waals surface area contributed by atoms with Crippen molar-refractivity contribution in [3.8, 4) is 0 Å². The number of amides is 1. The molecule has 3 rings (SSSR count). The fourth-order valence-corrected chi connectivity index (χ4v) is 3.47. The second-order valence-corrected chi connectivity index (χ2v) is 6.09. The minimum absolute atomic E-state index is 0.457. The van der Waals surface area contributed by atoms with E-state index in [-0.39, 0.29) is 0 Å². The van der Waals surface area contributed by atoms with Crippen LogP contribution >= 0.6 is 27.3 Å². The number of nitrogens with two attached hydrogens (primary N) is 1. The Morgan fingerprint density at radius 1 is 1.50 bits per heavy atom. The first-order valence-corrected chi connectivity index (χ1v) is 7.59. The summed E-state index contributed by atoms with van der Waals surface area (Å²) in [5.74, 6) is -0.457. The summed E-state index contributed by atoms with van der Waals surface area (Å²) in [6, 6.07) is 5.43. The molecule has 0 saturated heterocycles. The van der Waals surface area contributed by atoms with E-state index in [1.54, 1.807) is 23.5 Å². The van der Waals surface area contributed by atoms with Crippen LogP contribution in [-0.2, 0) is 6.54 Å². The SMILES string of the molecule is Cc1csc(Cn2nc(Br)c3c(C(N)=O)cccc32)n1. The summed E-state index contributed by atoms with van der Waals surface area (Å²) < 4.78 is 2.44. The first-order chi connectivity index (χ1) is 9.56. The van der Waals surface area contributed by atoms with Gasteiger partial charge in [-0.3, -0.25) is 9.48 Å². The maximum absolute atomic E-state index is 11.5. The molecule has 0 saturated carbocycles. The standard InChI is InChI=1S/C13H11BrN4OS/c1-7-6-20-10(16-7)5-18-9-4-2-3-8(13(15)19)11(9)12(14)17-18/h2-4,6H,5H2,1H3,(H2,15,19). The average molecular weight is 351 g/mol. The molecule has 0 atom stereocenters. The Kier molecular flexibility index (Phi) is 3.31. The highest BCUT2D eigenvalue weighted by Gasteiger charge is 2.16. The summed E-state index contributed by atoms with van der Waals surface area (Å²) in [7, 11) is 0. The number of hydrogen-bond acceptors (Lipinski definition) is 4. The van der Waals surface area contributed by atoms with Gasteiger partial charge in [0.1, 0.15) is 9.61 Å². The Morgan fingerprint density at radius 3 is 2.95 bits per heavy atom. The third-order valence-electron chi connectivity index (χ3n) is 2.95. The first-order valence-electron chi connectivity index (χ1n) is 5.92. The van der Waals surface area contributed by atoms with Gasteiger partial charge in [-0.2, -0.15) is 5.10 Å². The minimum atomic E-state index is -0.457. The van der Waals surface area contributed by atoms with Gasteiger partial charge in [-0.25, -0.2) is 4.98 Å². The summed E-state index contributed by atoms with van der Waals surface area (Å²) in [5, 5.41) is 8.15. The molecule has 2 N–H and O–H groups in total. The van der Waals surface area contributed by atoms with Gasteiger partial charge in [-0.05, 0) is 35.0 Å². The van der Waals surface area contributed by atoms with Crippen molar-refractivity contribution in [1.29, 1.82) is 0 Å². The van der Waals surface area contributed by atoms with Crippen molar-refractivity contribution < 1.29 is 4.79 Å². The van der Waals surface area contributed by atoms with Crippen molar-refractivity contribution in [2.75, 3.05) is 0 Å². The molecule has 0 radical (unpaired) electrons. The van der Waals surface area contributed by atoms with Crippen molar-refractivity contribution in [2.24, 2.45) is 5.73 Å². The van der Waals surface area contributed by atoms with Gasteiger partial charge in [-0.1, -0.05) is 6.07 Å². The van der Waals surface area contributed by atoms with E-state index >= 15 is 0 Å². The number of carbonyl (C=O) groups is 1. The molecule has 0 fully saturated rings. The molecule has 0 aliphatic carbocycles. The lowest BCUT2D eigenvalue weighted by atomic mass is 10.1. The number of nitrogens with zero attached hydrogens (tertiary/aromatic N) is 3. The van der Waals surface area contributed by atoms with E-state index < -0.39 is 5.91 Å². The second-order valence-electron chi connectivity index (χ2n) is 4.40. The summed E-state index contributed by atoms with van der Waals surface area (Å²) >= 11 is 4.99. The minimum Gasteiger partial charge on any atom is -0.366 e. The smallest absolute Gasteiger partial charge is 0.249 e. The number of aromatic nitrogens is 3. The highest BCUT2D eigenvalue weighted by atomic mass is 79.9. The Hall–Kier alpha value is -1.73. The van der Waals surface area contributed by atoms with E-state index in [2.05, 4.69) is 26.0 Å². The van der Waals surface area contributed by atoms with Crippen LogP contribution in [0, 0.1) is 6.92 Å². The number of halogens is 1. The van der Waals surface area contributed by atoms with Crippen molar-refractivity contribution in [3.63, 3.8) is 0 Å². The molecule has 0 aliphatic rings. The van der Waals surface area contributed by atoms with Crippen LogP contribution in [0.2, 0.25) is 0 Å². The third-order valence-corrected chi connectivity index (χ3v) is 4.46. The summed E-state index contributed by atoms with van der Waals surface area (Å²) in [6.07, 6.45) is 0. The molecular weight excluding hydrogens is 340 g/mol. The van der Waals surface area contributed by atoms with Crippen LogP contribution in [-0.4, -0.2) is 20.7 Å². The molecule has 0 bridgehead atoms. The van der Waals surface area contributed by atoms with E-state index in [0.717, 1.165) is 21.6 Å². The lowest BCUT2D eigenvalue weighted by Crippen LogP contribution is -2.11. The molecule has 7 heteroatoms. The topological polar surface area (TPSA) is 73.8 Å². The van der Waals surface area contributed by atoms with E-state index in [1.165, 1.54) is 0 Å². The molecule has 2 aromatic heterocycles. The Labute approximate surface area is 127 Å². The monoisotopic (exact) mass is 350 g/mol. The lowest BCUT2D eigenvalue weighted by molar-refractivity contribution is 0.100. The number of rotatable bonds is 3. The van der Waals surface area contributed by atoms with Crippen LogP contribution in [0.15, 0.2) is 28.2 Å². The Balaban J connectivity index is 2.13. The zero-order valence-electron chi connectivity index (χ0n) is 10.6. The van der Waals surface area contributed by atoms with Crippen LogP contribution in [0.25, 0.3) is 10.9 Å². The van der Waals surface area contributed by atoms with Crippen molar-refractivity contribution >= 4 is 44.1 Å². The largest absolute Gasteiger partial charge is 0.366 e. The average Bonchev–Trinajstić information content (AvgIpc) is 2.95. The molecule has 2 heterocycles. The van der Waals surface area contributed by atoms with E-state index in [9.17, 15) is 4.79 Å². The van der Waals surface area contributed by atoms with Crippen LogP contribution in [0.3, 0.4) is 0 Å². The zero-order valence-corrected chi connectivity index (χ0v) is 13.0. The van der Waals surface area contributed by atoms with E-state index in [0.29, 0.717) is 16.7 Å². The molecule has 0 spiro atoms. The number of thiazole rings is 1. The van der Waals surface area contributed by atoms with Crippen LogP contribution < -0.4 is 5.73 Å². The van der Waals surface area contributed by atoms with Gasteiger partial charge in [0, 0.05) is 16.5 Å². The third kappa shape index (κ3) is 2.23. The Morgan fingerprint density at radius 2 is 2.30 bits per heavy atom. The highest BCUT2D eigenvalue weighted by Crippen LogP contribution is 2.27. The number of fused-ring (bicyclic) bond motifs is 1. The fraction of sp³-hybridized carbons (Fsp3) is 0.154. The first kappa shape index (κ1) is 13.3. The van der Waals surface area contributed by atoms with Gasteiger partial charge in [0.15, 0.2) is 0 Å². The number of aryl methyl sites for hydroxylation is 1. The van der Waals surface area contributed by atoms with Gasteiger partial charge < -0.3 is 5.73 Å². The van der Waals surface area contributed by atoms with Gasteiger partial charge in [0.25, 0.3) is 0 Å². The predicted octanol–water partition coefficient (Wildman–Crippen LogP) is 2.71. The molecular formula is C13H11BrN4OS. The van der Waals surface area contributed by atoms with Crippen molar-refractivity contribution in [3.05, 3.63) is 44.4 Å². The number of carbonyl (C=O) groups excluding carboxylic acids is 1. The molecule has 3 aromatic rings. The van der Waals surface area contributed by atoms with Gasteiger partial charge in [0.05, 0.1) is 17.6 Å². The van der Waals surface area contributed by atoms with Crippen molar-refractivity contribution in [2.45, 2.75) is 13.5 Å². The highest BCUT2D eigenvalue weighted by molar-refractivity contribution is 9.10. The maximum atomic E-state index is 11.5. The van der Waals surface area contributed by atoms with Crippen LogP contribution in [0.5, 0.6) is 0 Å². The summed E-state index contributed by atoms with van der Waals surface area (Å²) in [4.78, 5) is 15.9. The molecule has 20 heavy (non-hydrogen) atoms. The predicted molar refractivity (Wildman–Crippen MR) is 81.9 cm³/mol. The fourth-order valence-electron chi connectivity index (χ4n) is 2.11. The summed E-state index contributed by atoms with van der Waals surface area (Å²) in [5.41, 5.74) is 7.74. The van der Waals surface area contributed by atoms with Crippen molar-refractivity contribution in [1.82, 2.24) is 14.8 Å². The number of primary amides is 1. The number of hydrogen-bond donors (Lipinski definition) is 1. The Bertz CT molecular complexity index is 808.